The van der Waals surface area contributed by atoms with Crippen LogP contribution in [0.4, 0.5) is 21.8 Å². The van der Waals surface area contributed by atoms with Crippen LogP contribution < -0.4 is 15.4 Å². The summed E-state index contributed by atoms with van der Waals surface area (Å²) >= 11 is 0. The quantitative estimate of drug-likeness (QED) is 0.749. The number of aliphatic hydroxyl groups excluding tert-OH is 1. The number of nitriles is 1. The largest absolute Gasteiger partial charge is 0.490 e. The van der Waals surface area contributed by atoms with E-state index in [1.165, 1.54) is 0 Å². The molecule has 1 aromatic carbocycles. The summed E-state index contributed by atoms with van der Waals surface area (Å²) in [4.78, 5) is 7.80. The highest BCUT2D eigenvalue weighted by atomic mass is 19.1. The highest BCUT2D eigenvalue weighted by Gasteiger charge is 2.09. The molecule has 8 heteroatoms. The number of aliphatic hydroxyl groups is 1. The van der Waals surface area contributed by atoms with Gasteiger partial charge in [0.05, 0.1) is 17.9 Å². The van der Waals surface area contributed by atoms with Crippen LogP contribution in [0.3, 0.4) is 0 Å². The van der Waals surface area contributed by atoms with Gasteiger partial charge >= 0.3 is 0 Å². The fourth-order valence-electron chi connectivity index (χ4n) is 1.76. The molecule has 1 heterocycles. The Hall–Kier alpha value is -2.92. The molecule has 1 aromatic heterocycles. The van der Waals surface area contributed by atoms with Gasteiger partial charge in [0.1, 0.15) is 18.4 Å². The highest BCUT2D eigenvalue weighted by Crippen LogP contribution is 2.24. The first-order valence-corrected chi connectivity index (χ1v) is 6.85. The SMILES string of the molecule is CNc1nc(Nc2ccc(OCC(C)O)c(C#N)c2)ncc1F. The predicted octanol–water partition coefficient (Wildman–Crippen LogP) is 2.03. The van der Waals surface area contributed by atoms with E-state index < -0.39 is 11.9 Å². The fraction of sp³-hybridized carbons (Fsp3) is 0.267. The molecule has 0 saturated heterocycles. The first kappa shape index (κ1) is 16.5. The van der Waals surface area contributed by atoms with Gasteiger partial charge in [0.2, 0.25) is 5.95 Å². The average Bonchev–Trinajstić information content (AvgIpc) is 2.55. The zero-order valence-corrected chi connectivity index (χ0v) is 12.7. The summed E-state index contributed by atoms with van der Waals surface area (Å²) in [5, 5.41) is 23.9. The van der Waals surface area contributed by atoms with Crippen molar-refractivity contribution >= 4 is 17.5 Å². The molecule has 0 spiro atoms. The summed E-state index contributed by atoms with van der Waals surface area (Å²) in [6.45, 7) is 1.68. The van der Waals surface area contributed by atoms with E-state index >= 15 is 0 Å². The molecule has 1 atom stereocenters. The normalized spacial score (nSPS) is 11.4. The third kappa shape index (κ3) is 4.28. The summed E-state index contributed by atoms with van der Waals surface area (Å²) in [6, 6.07) is 6.85. The molecule has 7 nitrogen and oxygen atoms in total. The predicted molar refractivity (Wildman–Crippen MR) is 83.2 cm³/mol. The van der Waals surface area contributed by atoms with Crippen LogP contribution in [-0.4, -0.2) is 34.8 Å². The van der Waals surface area contributed by atoms with Crippen molar-refractivity contribution in [1.29, 1.82) is 5.26 Å². The molecule has 0 fully saturated rings. The molecule has 120 valence electrons. The zero-order chi connectivity index (χ0) is 16.8. The molecule has 0 bridgehead atoms. The minimum atomic E-state index is -0.632. The van der Waals surface area contributed by atoms with Gasteiger partial charge < -0.3 is 20.5 Å². The van der Waals surface area contributed by atoms with Gasteiger partial charge in [-0.1, -0.05) is 0 Å². The lowest BCUT2D eigenvalue weighted by Gasteiger charge is -2.11. The zero-order valence-electron chi connectivity index (χ0n) is 12.7. The van der Waals surface area contributed by atoms with E-state index in [0.717, 1.165) is 6.20 Å². The molecule has 23 heavy (non-hydrogen) atoms. The fourth-order valence-corrected chi connectivity index (χ4v) is 1.76. The maximum absolute atomic E-state index is 13.3. The summed E-state index contributed by atoms with van der Waals surface area (Å²) in [5.74, 6) is 0.0738. The molecule has 0 aliphatic heterocycles. The van der Waals surface area contributed by atoms with Crippen molar-refractivity contribution in [3.63, 3.8) is 0 Å². The van der Waals surface area contributed by atoms with E-state index in [4.69, 9.17) is 4.74 Å². The number of anilines is 3. The van der Waals surface area contributed by atoms with Gasteiger partial charge in [0, 0.05) is 12.7 Å². The van der Waals surface area contributed by atoms with Crippen LogP contribution in [0.15, 0.2) is 24.4 Å². The molecule has 0 aliphatic carbocycles. The van der Waals surface area contributed by atoms with E-state index in [9.17, 15) is 14.8 Å². The third-order valence-corrected chi connectivity index (χ3v) is 2.82. The lowest BCUT2D eigenvalue weighted by molar-refractivity contribution is 0.122. The summed E-state index contributed by atoms with van der Waals surface area (Å²) in [6.07, 6.45) is 0.416. The van der Waals surface area contributed by atoms with Crippen molar-refractivity contribution in [3.8, 4) is 11.8 Å². The Kier molecular flexibility index (Phi) is 5.28. The minimum Gasteiger partial charge on any atom is -0.490 e. The number of nitrogens with zero attached hydrogens (tertiary/aromatic N) is 3. The van der Waals surface area contributed by atoms with E-state index in [-0.39, 0.29) is 18.4 Å². The van der Waals surface area contributed by atoms with Crippen LogP contribution in [0.25, 0.3) is 0 Å². The van der Waals surface area contributed by atoms with E-state index in [1.807, 2.05) is 6.07 Å². The first-order valence-electron chi connectivity index (χ1n) is 6.85. The maximum atomic E-state index is 13.3. The van der Waals surface area contributed by atoms with Crippen molar-refractivity contribution in [2.45, 2.75) is 13.0 Å². The van der Waals surface area contributed by atoms with Crippen molar-refractivity contribution in [3.05, 3.63) is 35.8 Å². The Morgan fingerprint density at radius 3 is 2.91 bits per heavy atom. The van der Waals surface area contributed by atoms with Crippen LogP contribution in [0.2, 0.25) is 0 Å². The second-order valence-corrected chi connectivity index (χ2v) is 4.75. The van der Waals surface area contributed by atoms with Crippen LogP contribution in [0.1, 0.15) is 12.5 Å². The molecule has 1 unspecified atom stereocenters. The van der Waals surface area contributed by atoms with Crippen molar-refractivity contribution in [1.82, 2.24) is 9.97 Å². The number of nitrogens with one attached hydrogen (secondary N) is 2. The molecule has 2 rings (SSSR count). The maximum Gasteiger partial charge on any atom is 0.229 e. The molecule has 3 N–H and O–H groups in total. The Morgan fingerprint density at radius 2 is 2.26 bits per heavy atom. The monoisotopic (exact) mass is 317 g/mol. The van der Waals surface area contributed by atoms with Crippen LogP contribution >= 0.6 is 0 Å². The molecular formula is C15H16FN5O2. The lowest BCUT2D eigenvalue weighted by Crippen LogP contribution is -2.13. The molecule has 0 amide bonds. The molecule has 2 aromatic rings. The van der Waals surface area contributed by atoms with Gasteiger partial charge in [-0.15, -0.1) is 0 Å². The number of hydrogen-bond acceptors (Lipinski definition) is 7. The summed E-state index contributed by atoms with van der Waals surface area (Å²) in [5.41, 5.74) is 0.853. The van der Waals surface area contributed by atoms with E-state index in [2.05, 4.69) is 20.6 Å². The smallest absolute Gasteiger partial charge is 0.229 e. The van der Waals surface area contributed by atoms with Crippen LogP contribution in [-0.2, 0) is 0 Å². The molecular weight excluding hydrogens is 301 g/mol. The van der Waals surface area contributed by atoms with Crippen molar-refractivity contribution < 1.29 is 14.2 Å². The van der Waals surface area contributed by atoms with Crippen molar-refractivity contribution in [2.24, 2.45) is 0 Å². The van der Waals surface area contributed by atoms with Crippen molar-refractivity contribution in [2.75, 3.05) is 24.3 Å². The second kappa shape index (κ2) is 7.38. The topological polar surface area (TPSA) is 103 Å². The van der Waals surface area contributed by atoms with Gasteiger partial charge in [-0.05, 0) is 25.1 Å². The van der Waals surface area contributed by atoms with E-state index in [1.54, 1.807) is 32.2 Å². The number of halogens is 1. The Balaban J connectivity index is 2.19. The second-order valence-electron chi connectivity index (χ2n) is 4.75. The summed E-state index contributed by atoms with van der Waals surface area (Å²) < 4.78 is 18.7. The average molecular weight is 317 g/mol. The molecule has 0 saturated carbocycles. The van der Waals surface area contributed by atoms with Gasteiger partial charge in [-0.25, -0.2) is 9.37 Å². The van der Waals surface area contributed by atoms with Gasteiger partial charge in [0.25, 0.3) is 0 Å². The Morgan fingerprint density at radius 1 is 1.48 bits per heavy atom. The van der Waals surface area contributed by atoms with Crippen LogP contribution in [0, 0.1) is 17.1 Å². The molecule has 0 aliphatic rings. The lowest BCUT2D eigenvalue weighted by atomic mass is 10.2. The summed E-state index contributed by atoms with van der Waals surface area (Å²) in [7, 11) is 1.55. The Bertz CT molecular complexity index is 730. The first-order chi connectivity index (χ1) is 11.0. The number of rotatable bonds is 6. The van der Waals surface area contributed by atoms with E-state index in [0.29, 0.717) is 17.0 Å². The van der Waals surface area contributed by atoms with Gasteiger partial charge in [0.15, 0.2) is 11.6 Å². The van der Waals surface area contributed by atoms with Gasteiger partial charge in [-0.3, -0.25) is 0 Å². The number of hydrogen-bond donors (Lipinski definition) is 3. The third-order valence-electron chi connectivity index (χ3n) is 2.82. The Labute approximate surface area is 132 Å². The minimum absolute atomic E-state index is 0.0693. The van der Waals surface area contributed by atoms with Crippen LogP contribution in [0.5, 0.6) is 5.75 Å². The highest BCUT2D eigenvalue weighted by molar-refractivity contribution is 5.60. The number of aromatic nitrogens is 2. The van der Waals surface area contributed by atoms with Gasteiger partial charge in [-0.2, -0.15) is 10.2 Å². The molecule has 0 radical (unpaired) electrons. The number of ether oxygens (including phenoxy) is 1. The number of benzene rings is 1. The standard InChI is InChI=1S/C15H16FN5O2/c1-9(22)8-23-13-4-3-11(5-10(13)6-17)20-15-19-7-12(16)14(18-2)21-15/h3-5,7,9,22H,8H2,1-2H3,(H2,18,19,20,21).